The van der Waals surface area contributed by atoms with Crippen LogP contribution in [0, 0.1) is 0 Å². The van der Waals surface area contributed by atoms with Gasteiger partial charge >= 0.3 is 0 Å². The minimum absolute atomic E-state index is 0.253. The van der Waals surface area contributed by atoms with E-state index < -0.39 is 6.10 Å². The van der Waals surface area contributed by atoms with Crippen molar-refractivity contribution in [3.8, 4) is 5.75 Å². The van der Waals surface area contributed by atoms with E-state index in [1.54, 1.807) is 11.3 Å². The van der Waals surface area contributed by atoms with Gasteiger partial charge in [0.25, 0.3) is 0 Å². The van der Waals surface area contributed by atoms with Crippen LogP contribution in [0.4, 0.5) is 0 Å². The quantitative estimate of drug-likeness (QED) is 0.785. The Morgan fingerprint density at radius 2 is 2.14 bits per heavy atom. The van der Waals surface area contributed by atoms with Gasteiger partial charge in [0.2, 0.25) is 0 Å². The summed E-state index contributed by atoms with van der Waals surface area (Å²) in [6, 6.07) is 12.4. The first-order chi connectivity index (χ1) is 10.2. The van der Waals surface area contributed by atoms with Crippen LogP contribution in [-0.4, -0.2) is 24.4 Å². The third-order valence-corrected chi connectivity index (χ3v) is 4.43. The number of ether oxygens (including phenoxy) is 1. The van der Waals surface area contributed by atoms with E-state index in [1.807, 2.05) is 24.3 Å². The number of aliphatic hydroxyl groups excluding tert-OH is 1. The van der Waals surface area contributed by atoms with Crippen molar-refractivity contribution in [2.75, 3.05) is 13.2 Å². The lowest BCUT2D eigenvalue weighted by atomic mass is 10.2. The molecule has 2 unspecified atom stereocenters. The van der Waals surface area contributed by atoms with Gasteiger partial charge in [-0.2, -0.15) is 0 Å². The van der Waals surface area contributed by atoms with Crippen molar-refractivity contribution < 1.29 is 9.84 Å². The number of benzene rings is 1. The van der Waals surface area contributed by atoms with E-state index in [-0.39, 0.29) is 6.04 Å². The minimum Gasteiger partial charge on any atom is -0.491 e. The molecule has 0 bridgehead atoms. The van der Waals surface area contributed by atoms with Crippen molar-refractivity contribution in [1.29, 1.82) is 0 Å². The Hall–Kier alpha value is -1.36. The standard InChI is InChI=1S/C17H23NO2S/c1-3-14-6-4-7-16(10-14)20-12-15(19)11-18-13(2)17-8-5-9-21-17/h4-10,13,15,18-19H,3,11-12H2,1-2H3. The number of thiophene rings is 1. The molecule has 2 atom stereocenters. The van der Waals surface area contributed by atoms with Gasteiger partial charge in [0.1, 0.15) is 18.5 Å². The molecule has 0 aliphatic heterocycles. The maximum atomic E-state index is 10.00. The van der Waals surface area contributed by atoms with Crippen LogP contribution in [0.2, 0.25) is 0 Å². The Kier molecular flexibility index (Phi) is 6.23. The van der Waals surface area contributed by atoms with E-state index in [2.05, 4.69) is 36.7 Å². The third-order valence-electron chi connectivity index (χ3n) is 3.38. The SMILES string of the molecule is CCc1cccc(OCC(O)CNC(C)c2cccs2)c1. The van der Waals surface area contributed by atoms with Gasteiger partial charge in [0.15, 0.2) is 0 Å². The predicted molar refractivity (Wildman–Crippen MR) is 88.1 cm³/mol. The van der Waals surface area contributed by atoms with E-state index in [0.717, 1.165) is 12.2 Å². The fraction of sp³-hybridized carbons (Fsp3) is 0.412. The van der Waals surface area contributed by atoms with Crippen molar-refractivity contribution in [2.45, 2.75) is 32.4 Å². The lowest BCUT2D eigenvalue weighted by molar-refractivity contribution is 0.104. The highest BCUT2D eigenvalue weighted by Crippen LogP contribution is 2.18. The molecule has 21 heavy (non-hydrogen) atoms. The Labute approximate surface area is 130 Å². The summed E-state index contributed by atoms with van der Waals surface area (Å²) in [6.45, 7) is 5.04. The fourth-order valence-electron chi connectivity index (χ4n) is 2.06. The average molecular weight is 305 g/mol. The van der Waals surface area contributed by atoms with Crippen molar-refractivity contribution in [1.82, 2.24) is 5.32 Å². The number of hydrogen-bond donors (Lipinski definition) is 2. The number of rotatable bonds is 8. The van der Waals surface area contributed by atoms with Crippen molar-refractivity contribution in [3.63, 3.8) is 0 Å². The number of hydrogen-bond acceptors (Lipinski definition) is 4. The van der Waals surface area contributed by atoms with E-state index in [1.165, 1.54) is 10.4 Å². The summed E-state index contributed by atoms with van der Waals surface area (Å²) in [5.74, 6) is 0.819. The zero-order valence-corrected chi connectivity index (χ0v) is 13.4. The number of nitrogens with one attached hydrogen (secondary N) is 1. The normalized spacial score (nSPS) is 13.9. The molecule has 3 nitrogen and oxygen atoms in total. The van der Waals surface area contributed by atoms with Gasteiger partial charge in [-0.05, 0) is 42.5 Å². The van der Waals surface area contributed by atoms with Crippen LogP contribution in [-0.2, 0) is 6.42 Å². The van der Waals surface area contributed by atoms with E-state index >= 15 is 0 Å². The van der Waals surface area contributed by atoms with Gasteiger partial charge in [-0.15, -0.1) is 11.3 Å². The first kappa shape index (κ1) is 16.0. The zero-order valence-electron chi connectivity index (χ0n) is 12.6. The Morgan fingerprint density at radius 3 is 2.86 bits per heavy atom. The van der Waals surface area contributed by atoms with E-state index in [4.69, 9.17) is 4.74 Å². The topological polar surface area (TPSA) is 41.5 Å². The summed E-state index contributed by atoms with van der Waals surface area (Å²) in [6.07, 6.45) is 0.470. The lowest BCUT2D eigenvalue weighted by Gasteiger charge is -2.17. The summed E-state index contributed by atoms with van der Waals surface area (Å²) >= 11 is 1.72. The van der Waals surface area contributed by atoms with Crippen LogP contribution in [0.25, 0.3) is 0 Å². The summed E-state index contributed by atoms with van der Waals surface area (Å²) < 4.78 is 5.65. The van der Waals surface area contributed by atoms with Gasteiger partial charge in [0.05, 0.1) is 0 Å². The molecular weight excluding hydrogens is 282 g/mol. The summed E-state index contributed by atoms with van der Waals surface area (Å²) in [4.78, 5) is 1.28. The third kappa shape index (κ3) is 5.16. The molecule has 0 saturated heterocycles. The Morgan fingerprint density at radius 1 is 1.29 bits per heavy atom. The highest BCUT2D eigenvalue weighted by Gasteiger charge is 2.10. The molecule has 2 N–H and O–H groups in total. The molecule has 0 amide bonds. The molecule has 2 aromatic rings. The average Bonchev–Trinajstić information content (AvgIpc) is 3.05. The van der Waals surface area contributed by atoms with Crippen molar-refractivity contribution >= 4 is 11.3 Å². The number of aliphatic hydroxyl groups is 1. The van der Waals surface area contributed by atoms with Gasteiger partial charge < -0.3 is 15.2 Å². The minimum atomic E-state index is -0.516. The number of aryl methyl sites for hydroxylation is 1. The maximum absolute atomic E-state index is 10.00. The highest BCUT2D eigenvalue weighted by atomic mass is 32.1. The second kappa shape index (κ2) is 8.17. The smallest absolute Gasteiger partial charge is 0.119 e. The Balaban J connectivity index is 1.73. The largest absolute Gasteiger partial charge is 0.491 e. The first-order valence-electron chi connectivity index (χ1n) is 7.35. The second-order valence-corrected chi connectivity index (χ2v) is 6.09. The maximum Gasteiger partial charge on any atom is 0.119 e. The molecule has 0 radical (unpaired) electrons. The molecular formula is C17H23NO2S. The monoisotopic (exact) mass is 305 g/mol. The van der Waals surface area contributed by atoms with Crippen LogP contribution in [0.3, 0.4) is 0 Å². The molecule has 114 valence electrons. The van der Waals surface area contributed by atoms with E-state index in [9.17, 15) is 5.11 Å². The molecule has 4 heteroatoms. The molecule has 1 aromatic heterocycles. The summed E-state index contributed by atoms with van der Waals surface area (Å²) in [5, 5.41) is 15.4. The molecule has 2 rings (SSSR count). The lowest BCUT2D eigenvalue weighted by Crippen LogP contribution is -2.32. The zero-order chi connectivity index (χ0) is 15.1. The fourth-order valence-corrected chi connectivity index (χ4v) is 2.82. The van der Waals surface area contributed by atoms with Crippen LogP contribution < -0.4 is 10.1 Å². The van der Waals surface area contributed by atoms with Gasteiger partial charge in [0, 0.05) is 17.5 Å². The van der Waals surface area contributed by atoms with E-state index in [0.29, 0.717) is 13.2 Å². The molecule has 0 spiro atoms. The van der Waals surface area contributed by atoms with Crippen LogP contribution in [0.15, 0.2) is 41.8 Å². The van der Waals surface area contributed by atoms with Crippen molar-refractivity contribution in [3.05, 3.63) is 52.2 Å². The second-order valence-electron chi connectivity index (χ2n) is 5.11. The molecule has 0 saturated carbocycles. The predicted octanol–water partition coefficient (Wildman–Crippen LogP) is 3.40. The van der Waals surface area contributed by atoms with Gasteiger partial charge in [-0.25, -0.2) is 0 Å². The molecule has 1 aromatic carbocycles. The highest BCUT2D eigenvalue weighted by molar-refractivity contribution is 7.10. The molecule has 0 fully saturated rings. The van der Waals surface area contributed by atoms with Crippen LogP contribution in [0.5, 0.6) is 5.75 Å². The molecule has 0 aliphatic rings. The molecule has 0 aliphatic carbocycles. The van der Waals surface area contributed by atoms with Gasteiger partial charge in [-0.1, -0.05) is 25.1 Å². The van der Waals surface area contributed by atoms with Crippen LogP contribution >= 0.6 is 11.3 Å². The van der Waals surface area contributed by atoms with Gasteiger partial charge in [-0.3, -0.25) is 0 Å². The van der Waals surface area contributed by atoms with Crippen LogP contribution in [0.1, 0.15) is 30.3 Å². The molecule has 1 heterocycles. The Bertz CT molecular complexity index is 527. The first-order valence-corrected chi connectivity index (χ1v) is 8.23. The summed E-state index contributed by atoms with van der Waals surface area (Å²) in [5.41, 5.74) is 1.24. The van der Waals surface area contributed by atoms with Crippen molar-refractivity contribution in [2.24, 2.45) is 0 Å². The summed E-state index contributed by atoms with van der Waals surface area (Å²) in [7, 11) is 0.